The molecule has 0 aliphatic rings. The van der Waals surface area contributed by atoms with Crippen molar-refractivity contribution < 1.29 is 9.53 Å². The molecule has 1 rings (SSSR count). The minimum Gasteiger partial charge on any atom is -0.455 e. The quantitative estimate of drug-likeness (QED) is 0.706. The van der Waals surface area contributed by atoms with Crippen molar-refractivity contribution in [3.63, 3.8) is 0 Å². The molecule has 0 bridgehead atoms. The van der Waals surface area contributed by atoms with Crippen LogP contribution in [0.25, 0.3) is 0 Å². The summed E-state index contributed by atoms with van der Waals surface area (Å²) in [6, 6.07) is 0. The van der Waals surface area contributed by atoms with Crippen molar-refractivity contribution in [3.8, 4) is 0 Å². The van der Waals surface area contributed by atoms with E-state index in [-0.39, 0.29) is 11.5 Å². The van der Waals surface area contributed by atoms with Crippen molar-refractivity contribution in [1.29, 1.82) is 0 Å². The lowest BCUT2D eigenvalue weighted by atomic mass is 10.2. The zero-order valence-electron chi connectivity index (χ0n) is 9.37. The van der Waals surface area contributed by atoms with Gasteiger partial charge in [0, 0.05) is 6.20 Å². The van der Waals surface area contributed by atoms with Crippen LogP contribution in [0.4, 0.5) is 5.82 Å². The summed E-state index contributed by atoms with van der Waals surface area (Å²) < 4.78 is 5.12. The van der Waals surface area contributed by atoms with Gasteiger partial charge in [0.25, 0.3) is 0 Å². The SMILES string of the molecule is Cc1cnc(C(=O)OC(C)(C)C)c(N)n1. The minimum atomic E-state index is -0.559. The molecule has 0 saturated heterocycles. The molecule has 2 N–H and O–H groups in total. The van der Waals surface area contributed by atoms with Gasteiger partial charge in [-0.25, -0.2) is 14.8 Å². The molecule has 0 saturated carbocycles. The Hall–Kier alpha value is -1.65. The fourth-order valence-electron chi connectivity index (χ4n) is 0.980. The molecule has 0 unspecified atom stereocenters. The number of hydrogen-bond donors (Lipinski definition) is 1. The first-order chi connectivity index (χ1) is 6.79. The van der Waals surface area contributed by atoms with Gasteiger partial charge in [0.1, 0.15) is 5.60 Å². The molecule has 5 heteroatoms. The molecule has 0 aromatic carbocycles. The molecule has 0 radical (unpaired) electrons. The van der Waals surface area contributed by atoms with Gasteiger partial charge in [0.15, 0.2) is 11.5 Å². The Bertz CT molecular complexity index is 383. The lowest BCUT2D eigenvalue weighted by molar-refractivity contribution is 0.00638. The maximum atomic E-state index is 11.6. The van der Waals surface area contributed by atoms with E-state index in [4.69, 9.17) is 10.5 Å². The number of nitrogen functional groups attached to an aromatic ring is 1. The van der Waals surface area contributed by atoms with Crippen LogP contribution in [0.5, 0.6) is 0 Å². The van der Waals surface area contributed by atoms with Crippen molar-refractivity contribution in [2.45, 2.75) is 33.3 Å². The second kappa shape index (κ2) is 3.84. The van der Waals surface area contributed by atoms with Gasteiger partial charge in [-0.1, -0.05) is 0 Å². The van der Waals surface area contributed by atoms with E-state index in [9.17, 15) is 4.79 Å². The second-order valence-corrected chi connectivity index (χ2v) is 4.25. The van der Waals surface area contributed by atoms with Crippen molar-refractivity contribution in [3.05, 3.63) is 17.6 Å². The molecule has 0 amide bonds. The third kappa shape index (κ3) is 3.19. The Morgan fingerprint density at radius 2 is 2.07 bits per heavy atom. The monoisotopic (exact) mass is 209 g/mol. The van der Waals surface area contributed by atoms with Crippen LogP contribution < -0.4 is 5.73 Å². The molecule has 0 aliphatic carbocycles. The molecule has 0 fully saturated rings. The Labute approximate surface area is 88.7 Å². The second-order valence-electron chi connectivity index (χ2n) is 4.25. The summed E-state index contributed by atoms with van der Waals surface area (Å²) in [5.41, 5.74) is 5.74. The first-order valence-electron chi connectivity index (χ1n) is 4.62. The number of ether oxygens (including phenoxy) is 1. The molecule has 5 nitrogen and oxygen atoms in total. The fourth-order valence-corrected chi connectivity index (χ4v) is 0.980. The highest BCUT2D eigenvalue weighted by Crippen LogP contribution is 2.13. The molecule has 1 aromatic heterocycles. The number of anilines is 1. The zero-order valence-corrected chi connectivity index (χ0v) is 9.37. The number of aryl methyl sites for hydroxylation is 1. The van der Waals surface area contributed by atoms with Gasteiger partial charge in [-0.05, 0) is 27.7 Å². The number of carbonyl (C=O) groups is 1. The van der Waals surface area contributed by atoms with Gasteiger partial charge >= 0.3 is 5.97 Å². The topological polar surface area (TPSA) is 78.1 Å². The van der Waals surface area contributed by atoms with E-state index in [0.29, 0.717) is 5.69 Å². The highest BCUT2D eigenvalue weighted by atomic mass is 16.6. The van der Waals surface area contributed by atoms with E-state index in [1.54, 1.807) is 27.7 Å². The molecular formula is C10H15N3O2. The number of esters is 1. The van der Waals surface area contributed by atoms with Gasteiger partial charge in [0.05, 0.1) is 5.69 Å². The lowest BCUT2D eigenvalue weighted by Gasteiger charge is -2.19. The summed E-state index contributed by atoms with van der Waals surface area (Å²) >= 11 is 0. The number of hydrogen-bond acceptors (Lipinski definition) is 5. The van der Waals surface area contributed by atoms with Gasteiger partial charge < -0.3 is 10.5 Å². The normalized spacial score (nSPS) is 11.2. The Kier molecular flexibility index (Phi) is 2.93. The summed E-state index contributed by atoms with van der Waals surface area (Å²) in [4.78, 5) is 19.4. The standard InChI is InChI=1S/C10H15N3O2/c1-6-5-12-7(8(11)13-6)9(14)15-10(2,3)4/h5H,1-4H3,(H2,11,13). The Morgan fingerprint density at radius 3 is 2.53 bits per heavy atom. The van der Waals surface area contributed by atoms with Crippen LogP contribution in [0.2, 0.25) is 0 Å². The Balaban J connectivity index is 2.92. The molecule has 0 spiro atoms. The van der Waals surface area contributed by atoms with Crippen LogP contribution in [0, 0.1) is 6.92 Å². The third-order valence-corrected chi connectivity index (χ3v) is 1.51. The number of rotatable bonds is 1. The molecule has 82 valence electrons. The predicted octanol–water partition coefficient (Wildman–Crippen LogP) is 1.32. The number of nitrogens with two attached hydrogens (primary N) is 1. The third-order valence-electron chi connectivity index (χ3n) is 1.51. The predicted molar refractivity (Wildman–Crippen MR) is 56.3 cm³/mol. The van der Waals surface area contributed by atoms with Crippen molar-refractivity contribution in [1.82, 2.24) is 9.97 Å². The summed E-state index contributed by atoms with van der Waals surface area (Å²) in [5, 5.41) is 0. The first kappa shape index (κ1) is 11.4. The average Bonchev–Trinajstić information content (AvgIpc) is 1.99. The summed E-state index contributed by atoms with van der Waals surface area (Å²) in [6.07, 6.45) is 1.48. The summed E-state index contributed by atoms with van der Waals surface area (Å²) in [6.45, 7) is 7.09. The summed E-state index contributed by atoms with van der Waals surface area (Å²) in [5.74, 6) is -0.447. The van der Waals surface area contributed by atoms with E-state index in [0.717, 1.165) is 0 Å². The largest absolute Gasteiger partial charge is 0.455 e. The van der Waals surface area contributed by atoms with Crippen molar-refractivity contribution in [2.75, 3.05) is 5.73 Å². The van der Waals surface area contributed by atoms with E-state index in [1.165, 1.54) is 6.20 Å². The van der Waals surface area contributed by atoms with Crippen LogP contribution in [0.1, 0.15) is 37.0 Å². The maximum Gasteiger partial charge on any atom is 0.361 e. The van der Waals surface area contributed by atoms with Gasteiger partial charge in [-0.2, -0.15) is 0 Å². The number of nitrogens with zero attached hydrogens (tertiary/aromatic N) is 2. The highest BCUT2D eigenvalue weighted by molar-refractivity contribution is 5.92. The van der Waals surface area contributed by atoms with E-state index < -0.39 is 11.6 Å². The number of aromatic nitrogens is 2. The smallest absolute Gasteiger partial charge is 0.361 e. The van der Waals surface area contributed by atoms with E-state index in [2.05, 4.69) is 9.97 Å². The maximum absolute atomic E-state index is 11.6. The van der Waals surface area contributed by atoms with Crippen molar-refractivity contribution >= 4 is 11.8 Å². The zero-order chi connectivity index (χ0) is 11.6. The van der Waals surface area contributed by atoms with Gasteiger partial charge in [0.2, 0.25) is 0 Å². The van der Waals surface area contributed by atoms with E-state index >= 15 is 0 Å². The number of carbonyl (C=O) groups excluding carboxylic acids is 1. The van der Waals surface area contributed by atoms with Crippen LogP contribution in [-0.2, 0) is 4.74 Å². The van der Waals surface area contributed by atoms with Crippen LogP contribution in [0.3, 0.4) is 0 Å². The molecule has 1 aromatic rings. The molecule has 15 heavy (non-hydrogen) atoms. The molecule has 0 atom stereocenters. The average molecular weight is 209 g/mol. The lowest BCUT2D eigenvalue weighted by Crippen LogP contribution is -2.25. The molecule has 0 aliphatic heterocycles. The van der Waals surface area contributed by atoms with Crippen molar-refractivity contribution in [2.24, 2.45) is 0 Å². The fraction of sp³-hybridized carbons (Fsp3) is 0.500. The molecule has 1 heterocycles. The molecular weight excluding hydrogens is 194 g/mol. The van der Waals surface area contributed by atoms with Crippen LogP contribution in [0.15, 0.2) is 6.20 Å². The van der Waals surface area contributed by atoms with Crippen LogP contribution in [-0.4, -0.2) is 21.5 Å². The summed E-state index contributed by atoms with van der Waals surface area (Å²) in [7, 11) is 0. The van der Waals surface area contributed by atoms with Crippen LogP contribution >= 0.6 is 0 Å². The van der Waals surface area contributed by atoms with E-state index in [1.807, 2.05) is 0 Å². The highest BCUT2D eigenvalue weighted by Gasteiger charge is 2.21. The first-order valence-corrected chi connectivity index (χ1v) is 4.62. The van der Waals surface area contributed by atoms with Gasteiger partial charge in [-0.3, -0.25) is 0 Å². The Morgan fingerprint density at radius 1 is 1.47 bits per heavy atom. The minimum absolute atomic E-state index is 0.0653. The van der Waals surface area contributed by atoms with Gasteiger partial charge in [-0.15, -0.1) is 0 Å².